The van der Waals surface area contributed by atoms with Crippen LogP contribution in [0.15, 0.2) is 58.5 Å². The van der Waals surface area contributed by atoms with E-state index >= 15 is 0 Å². The van der Waals surface area contributed by atoms with Crippen LogP contribution in [0.4, 0.5) is 0 Å². The van der Waals surface area contributed by atoms with Crippen molar-refractivity contribution in [3.8, 4) is 11.5 Å². The van der Waals surface area contributed by atoms with E-state index in [0.29, 0.717) is 34.5 Å². The van der Waals surface area contributed by atoms with Gasteiger partial charge in [-0.05, 0) is 37.1 Å². The van der Waals surface area contributed by atoms with Crippen molar-refractivity contribution in [2.45, 2.75) is 37.2 Å². The summed E-state index contributed by atoms with van der Waals surface area (Å²) in [7, 11) is 0. The minimum atomic E-state index is -0.284. The molecule has 1 aromatic heterocycles. The van der Waals surface area contributed by atoms with Gasteiger partial charge in [-0.1, -0.05) is 48.2 Å². The molecule has 31 heavy (non-hydrogen) atoms. The second-order valence-corrected chi connectivity index (χ2v) is 8.58. The summed E-state index contributed by atoms with van der Waals surface area (Å²) < 4.78 is 10.6. The van der Waals surface area contributed by atoms with Gasteiger partial charge in [0.2, 0.25) is 12.7 Å². The monoisotopic (exact) mass is 437 g/mol. The summed E-state index contributed by atoms with van der Waals surface area (Å²) in [6.45, 7) is 4.36. The minimum absolute atomic E-state index is 0.0299. The highest BCUT2D eigenvalue weighted by Gasteiger charge is 2.16. The molecule has 0 saturated heterocycles. The topological polar surface area (TPSA) is 93.3 Å². The van der Waals surface area contributed by atoms with Gasteiger partial charge in [0.1, 0.15) is 0 Å². The fraction of sp³-hybridized carbons (Fsp3) is 0.261. The smallest absolute Gasteiger partial charge is 0.255 e. The van der Waals surface area contributed by atoms with Crippen LogP contribution in [-0.2, 0) is 17.8 Å². The molecule has 0 radical (unpaired) electrons. The van der Waals surface area contributed by atoms with Gasteiger partial charge in [-0.25, -0.2) is 4.98 Å². The molecule has 0 spiro atoms. The van der Waals surface area contributed by atoms with E-state index in [1.54, 1.807) is 6.92 Å². The number of rotatable bonds is 7. The van der Waals surface area contributed by atoms with Gasteiger partial charge in [0, 0.05) is 23.1 Å². The van der Waals surface area contributed by atoms with Gasteiger partial charge in [0.25, 0.3) is 5.56 Å². The van der Waals surface area contributed by atoms with Crippen LogP contribution < -0.4 is 20.3 Å². The Balaban J connectivity index is 1.38. The maximum atomic E-state index is 12.6. The Bertz CT molecular complexity index is 1150. The number of fused-ring (bicyclic) bond motifs is 1. The quantitative estimate of drug-likeness (QED) is 0.434. The Kier molecular flexibility index (Phi) is 6.27. The van der Waals surface area contributed by atoms with E-state index in [2.05, 4.69) is 22.2 Å². The lowest BCUT2D eigenvalue weighted by Crippen LogP contribution is -2.28. The number of aromatic nitrogens is 2. The van der Waals surface area contributed by atoms with Crippen LogP contribution in [0, 0.1) is 6.92 Å². The predicted molar refractivity (Wildman–Crippen MR) is 118 cm³/mol. The Morgan fingerprint density at radius 2 is 1.97 bits per heavy atom. The van der Waals surface area contributed by atoms with Crippen molar-refractivity contribution in [3.05, 3.63) is 81.3 Å². The van der Waals surface area contributed by atoms with Crippen LogP contribution in [0.2, 0.25) is 0 Å². The van der Waals surface area contributed by atoms with Crippen molar-refractivity contribution in [2.75, 3.05) is 6.79 Å². The van der Waals surface area contributed by atoms with Gasteiger partial charge >= 0.3 is 0 Å². The summed E-state index contributed by atoms with van der Waals surface area (Å²) in [5, 5.41) is 3.52. The van der Waals surface area contributed by atoms with Crippen LogP contribution in [0.25, 0.3) is 0 Å². The minimum Gasteiger partial charge on any atom is -0.454 e. The third-order valence-electron chi connectivity index (χ3n) is 5.02. The number of amides is 1. The van der Waals surface area contributed by atoms with Crippen molar-refractivity contribution < 1.29 is 14.3 Å². The van der Waals surface area contributed by atoms with E-state index in [0.717, 1.165) is 11.1 Å². The van der Waals surface area contributed by atoms with E-state index in [9.17, 15) is 9.59 Å². The van der Waals surface area contributed by atoms with Gasteiger partial charge in [-0.3, -0.25) is 9.59 Å². The lowest BCUT2D eigenvalue weighted by atomic mass is 10.1. The molecule has 0 fully saturated rings. The molecule has 0 bridgehead atoms. The number of nitrogens with zero attached hydrogens (tertiary/aromatic N) is 1. The van der Waals surface area contributed by atoms with Crippen LogP contribution in [0.3, 0.4) is 0 Å². The molecule has 2 heterocycles. The molecule has 0 saturated carbocycles. The lowest BCUT2D eigenvalue weighted by molar-refractivity contribution is -0.120. The molecule has 7 nitrogen and oxygen atoms in total. The second kappa shape index (κ2) is 9.26. The summed E-state index contributed by atoms with van der Waals surface area (Å²) >= 11 is 1.48. The number of hydrogen-bond donors (Lipinski definition) is 2. The molecule has 1 amide bonds. The lowest BCUT2D eigenvalue weighted by Gasteiger charge is -2.12. The zero-order chi connectivity index (χ0) is 21.8. The van der Waals surface area contributed by atoms with Crippen molar-refractivity contribution in [1.82, 2.24) is 15.3 Å². The molecule has 2 N–H and O–H groups in total. The highest BCUT2D eigenvalue weighted by Crippen LogP contribution is 2.33. The Labute approximate surface area is 184 Å². The van der Waals surface area contributed by atoms with E-state index in [-0.39, 0.29) is 29.9 Å². The molecule has 3 aromatic rings. The molecular formula is C23H23N3O4S. The van der Waals surface area contributed by atoms with Gasteiger partial charge in [-0.2, -0.15) is 0 Å². The molecular weight excluding hydrogens is 414 g/mol. The number of benzene rings is 2. The maximum absolute atomic E-state index is 12.6. The van der Waals surface area contributed by atoms with Crippen molar-refractivity contribution in [2.24, 2.45) is 0 Å². The van der Waals surface area contributed by atoms with E-state index in [1.165, 1.54) is 11.8 Å². The molecule has 160 valence electrons. The first-order valence-electron chi connectivity index (χ1n) is 9.96. The van der Waals surface area contributed by atoms with Crippen molar-refractivity contribution >= 4 is 17.7 Å². The molecule has 8 heteroatoms. The average molecular weight is 438 g/mol. The number of ether oxygens (including phenoxy) is 2. The van der Waals surface area contributed by atoms with Crippen LogP contribution in [0.1, 0.15) is 34.6 Å². The largest absolute Gasteiger partial charge is 0.454 e. The second-order valence-electron chi connectivity index (χ2n) is 7.25. The summed E-state index contributed by atoms with van der Waals surface area (Å²) in [6.07, 6.45) is -0.0299. The fourth-order valence-electron chi connectivity index (χ4n) is 3.28. The Morgan fingerprint density at radius 1 is 1.19 bits per heavy atom. The zero-order valence-corrected chi connectivity index (χ0v) is 18.1. The molecule has 4 rings (SSSR count). The molecule has 1 unspecified atom stereocenters. The maximum Gasteiger partial charge on any atom is 0.255 e. The first-order valence-corrected chi connectivity index (χ1v) is 10.8. The van der Waals surface area contributed by atoms with E-state index < -0.39 is 0 Å². The SMILES string of the molecule is Cc1nc(SC(C)c2ccccc2)[nH]c(=O)c1CC(=O)NCc1ccc2c(c1)OCO2. The summed E-state index contributed by atoms with van der Waals surface area (Å²) in [5.74, 6) is 1.12. The first-order chi connectivity index (χ1) is 15.0. The van der Waals surface area contributed by atoms with Gasteiger partial charge in [0.15, 0.2) is 16.7 Å². The normalized spacial score (nSPS) is 13.1. The van der Waals surface area contributed by atoms with Crippen LogP contribution >= 0.6 is 11.8 Å². The van der Waals surface area contributed by atoms with E-state index in [1.807, 2.05) is 48.5 Å². The predicted octanol–water partition coefficient (Wildman–Crippen LogP) is 3.52. The fourth-order valence-corrected chi connectivity index (χ4v) is 4.25. The number of nitrogens with one attached hydrogen (secondary N) is 2. The van der Waals surface area contributed by atoms with Gasteiger partial charge < -0.3 is 19.8 Å². The van der Waals surface area contributed by atoms with Crippen molar-refractivity contribution in [1.29, 1.82) is 0 Å². The zero-order valence-electron chi connectivity index (χ0n) is 17.3. The number of aryl methyl sites for hydroxylation is 1. The van der Waals surface area contributed by atoms with Gasteiger partial charge in [-0.15, -0.1) is 0 Å². The average Bonchev–Trinajstić information content (AvgIpc) is 3.23. The Hall–Kier alpha value is -3.26. The summed E-state index contributed by atoms with van der Waals surface area (Å²) in [6, 6.07) is 15.5. The van der Waals surface area contributed by atoms with E-state index in [4.69, 9.17) is 9.47 Å². The summed E-state index contributed by atoms with van der Waals surface area (Å²) in [4.78, 5) is 32.3. The number of H-pyrrole nitrogens is 1. The number of hydrogen-bond acceptors (Lipinski definition) is 6. The van der Waals surface area contributed by atoms with Crippen LogP contribution in [-0.4, -0.2) is 22.7 Å². The molecule has 0 aliphatic carbocycles. The molecule has 1 atom stereocenters. The van der Waals surface area contributed by atoms with Gasteiger partial charge in [0.05, 0.1) is 6.42 Å². The van der Waals surface area contributed by atoms with Crippen LogP contribution in [0.5, 0.6) is 11.5 Å². The van der Waals surface area contributed by atoms with Crippen molar-refractivity contribution in [3.63, 3.8) is 0 Å². The highest BCUT2D eigenvalue weighted by atomic mass is 32.2. The third kappa shape index (κ3) is 5.08. The molecule has 1 aliphatic rings. The standard InChI is InChI=1S/C23H23N3O4S/c1-14-18(11-21(27)24-12-16-8-9-19-20(10-16)30-13-29-19)22(28)26-23(25-14)31-15(2)17-6-4-3-5-7-17/h3-10,15H,11-13H2,1-2H3,(H,24,27)(H,25,26,28). The molecule has 2 aromatic carbocycles. The number of carbonyl (C=O) groups excluding carboxylic acids is 1. The number of aromatic amines is 1. The highest BCUT2D eigenvalue weighted by molar-refractivity contribution is 7.99. The number of carbonyl (C=O) groups is 1. The first kappa shape index (κ1) is 21.0. The molecule has 1 aliphatic heterocycles. The summed E-state index contributed by atoms with van der Waals surface area (Å²) in [5.41, 5.74) is 2.70. The third-order valence-corrected chi connectivity index (χ3v) is 6.06. The number of thioether (sulfide) groups is 1. The Morgan fingerprint density at radius 3 is 2.74 bits per heavy atom.